The lowest BCUT2D eigenvalue weighted by atomic mass is 9.93. The molecular formula is C17H36N2O2. The summed E-state index contributed by atoms with van der Waals surface area (Å²) >= 11 is 0. The summed E-state index contributed by atoms with van der Waals surface area (Å²) < 4.78 is 0. The van der Waals surface area contributed by atoms with Crippen LogP contribution in [0.5, 0.6) is 0 Å². The number of hydrogen-bond donors (Lipinski definition) is 2. The fourth-order valence-electron chi connectivity index (χ4n) is 2.53. The molecule has 4 nitrogen and oxygen atoms in total. The van der Waals surface area contributed by atoms with Gasteiger partial charge in [-0.3, -0.25) is 9.69 Å². The lowest BCUT2D eigenvalue weighted by Crippen LogP contribution is -2.48. The SMILES string of the molecule is CCCCN(CCCC)C(O)C(CC(C)C)C(=O)NCC. The summed E-state index contributed by atoms with van der Waals surface area (Å²) in [6, 6.07) is 0. The number of hydrogen-bond acceptors (Lipinski definition) is 3. The Morgan fingerprint density at radius 2 is 1.62 bits per heavy atom. The molecular weight excluding hydrogens is 264 g/mol. The van der Waals surface area contributed by atoms with Gasteiger partial charge < -0.3 is 10.4 Å². The first kappa shape index (κ1) is 20.4. The highest BCUT2D eigenvalue weighted by atomic mass is 16.3. The van der Waals surface area contributed by atoms with E-state index in [1.807, 2.05) is 6.92 Å². The maximum absolute atomic E-state index is 12.3. The largest absolute Gasteiger partial charge is 0.378 e. The van der Waals surface area contributed by atoms with Crippen molar-refractivity contribution in [3.8, 4) is 0 Å². The number of aliphatic hydroxyl groups is 1. The van der Waals surface area contributed by atoms with E-state index in [4.69, 9.17) is 0 Å². The molecule has 2 atom stereocenters. The molecule has 126 valence electrons. The Morgan fingerprint density at radius 1 is 1.10 bits per heavy atom. The minimum atomic E-state index is -0.669. The van der Waals surface area contributed by atoms with E-state index in [2.05, 4.69) is 37.9 Å². The van der Waals surface area contributed by atoms with E-state index in [1.165, 1.54) is 0 Å². The first-order valence-corrected chi connectivity index (χ1v) is 8.67. The molecule has 0 rings (SSSR count). The molecule has 21 heavy (non-hydrogen) atoms. The summed E-state index contributed by atoms with van der Waals surface area (Å²) in [6.07, 6.45) is 4.38. The van der Waals surface area contributed by atoms with Crippen molar-refractivity contribution in [3.63, 3.8) is 0 Å². The van der Waals surface area contributed by atoms with Crippen molar-refractivity contribution in [1.82, 2.24) is 10.2 Å². The zero-order valence-electron chi connectivity index (χ0n) is 14.7. The number of carbonyl (C=O) groups excluding carboxylic acids is 1. The molecule has 0 aliphatic rings. The third-order valence-corrected chi connectivity index (χ3v) is 3.74. The number of nitrogens with zero attached hydrogens (tertiary/aromatic N) is 1. The molecule has 0 saturated carbocycles. The van der Waals surface area contributed by atoms with E-state index in [9.17, 15) is 9.90 Å². The number of carbonyl (C=O) groups is 1. The van der Waals surface area contributed by atoms with E-state index >= 15 is 0 Å². The van der Waals surface area contributed by atoms with E-state index in [0.717, 1.165) is 45.2 Å². The van der Waals surface area contributed by atoms with Crippen LogP contribution in [-0.2, 0) is 4.79 Å². The van der Waals surface area contributed by atoms with Crippen molar-refractivity contribution in [1.29, 1.82) is 0 Å². The zero-order chi connectivity index (χ0) is 16.3. The van der Waals surface area contributed by atoms with Crippen LogP contribution < -0.4 is 5.32 Å². The molecule has 0 saturated heterocycles. The van der Waals surface area contributed by atoms with Crippen LogP contribution in [0.25, 0.3) is 0 Å². The van der Waals surface area contributed by atoms with Gasteiger partial charge in [0, 0.05) is 19.6 Å². The molecule has 0 aromatic heterocycles. The molecule has 0 fully saturated rings. The topological polar surface area (TPSA) is 52.6 Å². The Kier molecular flexibility index (Phi) is 11.6. The van der Waals surface area contributed by atoms with Crippen molar-refractivity contribution in [2.75, 3.05) is 19.6 Å². The predicted molar refractivity (Wildman–Crippen MR) is 89.0 cm³/mol. The van der Waals surface area contributed by atoms with Crippen molar-refractivity contribution < 1.29 is 9.90 Å². The lowest BCUT2D eigenvalue weighted by molar-refractivity contribution is -0.136. The first-order chi connectivity index (χ1) is 9.97. The third-order valence-electron chi connectivity index (χ3n) is 3.74. The Labute approximate surface area is 131 Å². The average Bonchev–Trinajstić information content (AvgIpc) is 2.44. The summed E-state index contributed by atoms with van der Waals surface area (Å²) in [7, 11) is 0. The Morgan fingerprint density at radius 3 is 2.00 bits per heavy atom. The molecule has 4 heteroatoms. The summed E-state index contributed by atoms with van der Waals surface area (Å²) in [6.45, 7) is 12.8. The average molecular weight is 300 g/mol. The molecule has 0 aliphatic heterocycles. The maximum Gasteiger partial charge on any atom is 0.227 e. The number of amides is 1. The molecule has 2 N–H and O–H groups in total. The predicted octanol–water partition coefficient (Wildman–Crippen LogP) is 3.01. The second-order valence-corrected chi connectivity index (χ2v) is 6.29. The summed E-state index contributed by atoms with van der Waals surface area (Å²) in [4.78, 5) is 14.4. The highest BCUT2D eigenvalue weighted by Crippen LogP contribution is 2.20. The minimum absolute atomic E-state index is 0.0169. The van der Waals surface area contributed by atoms with E-state index < -0.39 is 6.23 Å². The number of unbranched alkanes of at least 4 members (excludes halogenated alkanes) is 2. The maximum atomic E-state index is 12.3. The van der Waals surface area contributed by atoms with Crippen LogP contribution >= 0.6 is 0 Å². The Bertz CT molecular complexity index is 262. The third kappa shape index (κ3) is 8.42. The second-order valence-electron chi connectivity index (χ2n) is 6.29. The molecule has 0 aliphatic carbocycles. The molecule has 0 heterocycles. The monoisotopic (exact) mass is 300 g/mol. The van der Waals surface area contributed by atoms with Gasteiger partial charge in [0.05, 0.1) is 5.92 Å². The Balaban J connectivity index is 4.87. The highest BCUT2D eigenvalue weighted by molar-refractivity contribution is 5.79. The van der Waals surface area contributed by atoms with E-state index in [1.54, 1.807) is 0 Å². The number of aliphatic hydroxyl groups excluding tert-OH is 1. The van der Waals surface area contributed by atoms with Crippen LogP contribution in [0.15, 0.2) is 0 Å². The molecule has 1 amide bonds. The van der Waals surface area contributed by atoms with E-state index in [-0.39, 0.29) is 11.8 Å². The van der Waals surface area contributed by atoms with Gasteiger partial charge >= 0.3 is 0 Å². The van der Waals surface area contributed by atoms with Crippen molar-refractivity contribution in [3.05, 3.63) is 0 Å². The normalized spacial score (nSPS) is 14.5. The highest BCUT2D eigenvalue weighted by Gasteiger charge is 2.31. The van der Waals surface area contributed by atoms with Gasteiger partial charge in [0.15, 0.2) is 0 Å². The molecule has 0 radical (unpaired) electrons. The van der Waals surface area contributed by atoms with Crippen LogP contribution in [0.3, 0.4) is 0 Å². The molecule has 0 aromatic carbocycles. The van der Waals surface area contributed by atoms with Crippen LogP contribution in [0, 0.1) is 11.8 Å². The first-order valence-electron chi connectivity index (χ1n) is 8.67. The van der Waals surface area contributed by atoms with Gasteiger partial charge in [-0.1, -0.05) is 40.5 Å². The fraction of sp³-hybridized carbons (Fsp3) is 0.941. The second kappa shape index (κ2) is 12.0. The van der Waals surface area contributed by atoms with Crippen LogP contribution in [0.2, 0.25) is 0 Å². The summed E-state index contributed by atoms with van der Waals surface area (Å²) in [5, 5.41) is 13.6. The van der Waals surface area contributed by atoms with Crippen molar-refractivity contribution >= 4 is 5.91 Å². The van der Waals surface area contributed by atoms with Crippen LogP contribution in [0.1, 0.15) is 66.7 Å². The van der Waals surface area contributed by atoms with Crippen molar-refractivity contribution in [2.45, 2.75) is 73.0 Å². The van der Waals surface area contributed by atoms with Gasteiger partial charge in [-0.2, -0.15) is 0 Å². The van der Waals surface area contributed by atoms with Crippen molar-refractivity contribution in [2.24, 2.45) is 11.8 Å². The van der Waals surface area contributed by atoms with Gasteiger partial charge in [-0.05, 0) is 32.1 Å². The quantitative estimate of drug-likeness (QED) is 0.545. The summed E-state index contributed by atoms with van der Waals surface area (Å²) in [5.74, 6) is 0.0433. The van der Waals surface area contributed by atoms with Gasteiger partial charge in [0.1, 0.15) is 6.23 Å². The van der Waals surface area contributed by atoms with Crippen LogP contribution in [0.4, 0.5) is 0 Å². The van der Waals surface area contributed by atoms with Gasteiger partial charge in [0.2, 0.25) is 5.91 Å². The standard InChI is InChI=1S/C17H36N2O2/c1-6-9-11-19(12-10-7-2)17(21)15(13-14(4)5)16(20)18-8-3/h14-15,17,21H,6-13H2,1-5H3,(H,18,20). The smallest absolute Gasteiger partial charge is 0.227 e. The number of rotatable bonds is 12. The lowest BCUT2D eigenvalue weighted by Gasteiger charge is -2.33. The minimum Gasteiger partial charge on any atom is -0.378 e. The Hall–Kier alpha value is -0.610. The molecule has 2 unspecified atom stereocenters. The van der Waals surface area contributed by atoms with Gasteiger partial charge in [0.25, 0.3) is 0 Å². The molecule has 0 spiro atoms. The fourth-order valence-corrected chi connectivity index (χ4v) is 2.53. The van der Waals surface area contributed by atoms with Gasteiger partial charge in [-0.25, -0.2) is 0 Å². The summed E-state index contributed by atoms with van der Waals surface area (Å²) in [5.41, 5.74) is 0. The van der Waals surface area contributed by atoms with E-state index in [0.29, 0.717) is 12.5 Å². The molecule has 0 aromatic rings. The van der Waals surface area contributed by atoms with Gasteiger partial charge in [-0.15, -0.1) is 0 Å². The van der Waals surface area contributed by atoms with Crippen LogP contribution in [-0.4, -0.2) is 41.8 Å². The zero-order valence-corrected chi connectivity index (χ0v) is 14.7. The molecule has 0 bridgehead atoms. The number of nitrogens with one attached hydrogen (secondary N) is 1.